The number of nitrogens with zero attached hydrogens (tertiary/aromatic N) is 6. The van der Waals surface area contributed by atoms with Crippen LogP contribution in [0.2, 0.25) is 0 Å². The van der Waals surface area contributed by atoms with E-state index < -0.39 is 0 Å². The lowest BCUT2D eigenvalue weighted by atomic mass is 9.79. The van der Waals surface area contributed by atoms with Crippen LogP contribution in [0.1, 0.15) is 105 Å². The molecule has 0 fully saturated rings. The van der Waals surface area contributed by atoms with Crippen molar-refractivity contribution in [3.63, 3.8) is 0 Å². The van der Waals surface area contributed by atoms with Crippen molar-refractivity contribution in [3.05, 3.63) is 276 Å². The van der Waals surface area contributed by atoms with Gasteiger partial charge in [-0.2, -0.15) is 0 Å². The Hall–Kier alpha value is -10.5. The highest BCUT2D eigenvalue weighted by atomic mass is 15.0. The van der Waals surface area contributed by atoms with Crippen LogP contribution in [0.25, 0.3) is 139 Å². The van der Waals surface area contributed by atoms with Gasteiger partial charge < -0.3 is 9.13 Å². The van der Waals surface area contributed by atoms with E-state index in [4.69, 9.17) is 21.5 Å². The number of aromatic nitrogens is 5. The standard InChI is InChI=1S/C86H76N6/c1-83(2,3)63-44-61(45-64(52-63)84(4,5)6)81-88-80(89-82(90-81)62-46-65(85(7,8)9)53-66(47-62)86(10,11)12)60-37-43-79(92-75-31-23-21-29-69(75)71-49-58(35-41-77(71)92)55-26-18-15-19-27-55)73(51-60)72-50-59(56-32-38-67(87-13)39-33-56)36-42-78(72)91-74-30-22-20-28-68(74)70-48-57(34-40-76(70)91)54-24-16-14-17-25-54/h14-53H,1-12H3. The lowest BCUT2D eigenvalue weighted by Crippen LogP contribution is -2.17. The fourth-order valence-electron chi connectivity index (χ4n) is 13.0. The molecule has 0 unspecified atom stereocenters. The Morgan fingerprint density at radius 2 is 0.587 bits per heavy atom. The van der Waals surface area contributed by atoms with Crippen molar-refractivity contribution in [1.29, 1.82) is 0 Å². The molecule has 0 saturated heterocycles. The first kappa shape index (κ1) is 59.2. The lowest BCUT2D eigenvalue weighted by Gasteiger charge is -2.26. The Labute approximate surface area is 541 Å². The minimum atomic E-state index is -0.149. The molecule has 92 heavy (non-hydrogen) atoms. The third kappa shape index (κ3) is 11.0. The molecule has 6 nitrogen and oxygen atoms in total. The number of benzene rings is 11. The van der Waals surface area contributed by atoms with Gasteiger partial charge in [0.1, 0.15) is 0 Å². The fourth-order valence-corrected chi connectivity index (χ4v) is 13.0. The van der Waals surface area contributed by atoms with Crippen LogP contribution in [0.15, 0.2) is 243 Å². The van der Waals surface area contributed by atoms with E-state index in [1.807, 2.05) is 12.1 Å². The Morgan fingerprint density at radius 3 is 0.989 bits per heavy atom. The summed E-state index contributed by atoms with van der Waals surface area (Å²) < 4.78 is 4.91. The van der Waals surface area contributed by atoms with Gasteiger partial charge in [0.2, 0.25) is 0 Å². The molecule has 0 aliphatic heterocycles. The second kappa shape index (κ2) is 22.5. The summed E-state index contributed by atoms with van der Waals surface area (Å²) in [6.07, 6.45) is 0. The topological polar surface area (TPSA) is 52.9 Å². The van der Waals surface area contributed by atoms with Crippen LogP contribution >= 0.6 is 0 Å². The van der Waals surface area contributed by atoms with Gasteiger partial charge in [-0.1, -0.05) is 235 Å². The van der Waals surface area contributed by atoms with Crippen LogP contribution in [0.3, 0.4) is 0 Å². The predicted octanol–water partition coefficient (Wildman–Crippen LogP) is 23.5. The quantitative estimate of drug-likeness (QED) is 0.135. The highest BCUT2D eigenvalue weighted by Gasteiger charge is 2.28. The van der Waals surface area contributed by atoms with Gasteiger partial charge in [-0.05, 0) is 168 Å². The molecule has 6 heteroatoms. The zero-order valence-corrected chi connectivity index (χ0v) is 54.8. The second-order valence-electron chi connectivity index (χ2n) is 28.9. The highest BCUT2D eigenvalue weighted by molar-refractivity contribution is 6.13. The van der Waals surface area contributed by atoms with Crippen molar-refractivity contribution < 1.29 is 0 Å². The summed E-state index contributed by atoms with van der Waals surface area (Å²) in [5.41, 5.74) is 22.7. The highest BCUT2D eigenvalue weighted by Crippen LogP contribution is 2.46. The van der Waals surface area contributed by atoms with Gasteiger partial charge in [-0.15, -0.1) is 0 Å². The van der Waals surface area contributed by atoms with Crippen LogP contribution < -0.4 is 0 Å². The van der Waals surface area contributed by atoms with Gasteiger partial charge in [0.15, 0.2) is 23.2 Å². The van der Waals surface area contributed by atoms with E-state index in [0.717, 1.165) is 105 Å². The zero-order chi connectivity index (χ0) is 64.0. The van der Waals surface area contributed by atoms with E-state index in [-0.39, 0.29) is 21.7 Å². The fraction of sp³-hybridized carbons (Fsp3) is 0.186. The third-order valence-electron chi connectivity index (χ3n) is 18.4. The number of hydrogen-bond acceptors (Lipinski definition) is 3. The zero-order valence-electron chi connectivity index (χ0n) is 54.8. The Balaban J connectivity index is 1.11. The molecule has 11 aromatic carbocycles. The van der Waals surface area contributed by atoms with E-state index in [1.165, 1.54) is 33.4 Å². The molecule has 0 spiro atoms. The van der Waals surface area contributed by atoms with Crippen molar-refractivity contribution in [2.75, 3.05) is 0 Å². The second-order valence-corrected chi connectivity index (χ2v) is 28.9. The minimum Gasteiger partial charge on any atom is -0.309 e. The smallest absolute Gasteiger partial charge is 0.187 e. The third-order valence-corrected chi connectivity index (χ3v) is 18.4. The number of hydrogen-bond donors (Lipinski definition) is 0. The molecule has 3 aromatic heterocycles. The van der Waals surface area contributed by atoms with Gasteiger partial charge in [-0.3, -0.25) is 0 Å². The normalized spacial score (nSPS) is 12.3. The van der Waals surface area contributed by atoms with Gasteiger partial charge in [0.05, 0.1) is 40.0 Å². The first-order valence-corrected chi connectivity index (χ1v) is 32.1. The maximum absolute atomic E-state index is 7.89. The monoisotopic (exact) mass is 1190 g/mol. The summed E-state index contributed by atoms with van der Waals surface area (Å²) in [4.78, 5) is 20.7. The molecular weight excluding hydrogens is 1120 g/mol. The van der Waals surface area contributed by atoms with Crippen molar-refractivity contribution in [2.45, 2.75) is 105 Å². The van der Waals surface area contributed by atoms with Crippen molar-refractivity contribution in [1.82, 2.24) is 24.1 Å². The predicted molar refractivity (Wildman–Crippen MR) is 388 cm³/mol. The van der Waals surface area contributed by atoms with Gasteiger partial charge in [0, 0.05) is 49.4 Å². The summed E-state index contributed by atoms with van der Waals surface area (Å²) in [5, 5.41) is 4.65. The summed E-state index contributed by atoms with van der Waals surface area (Å²) in [7, 11) is 0. The summed E-state index contributed by atoms with van der Waals surface area (Å²) in [6.45, 7) is 35.3. The molecule has 450 valence electrons. The Morgan fingerprint density at radius 1 is 0.272 bits per heavy atom. The maximum Gasteiger partial charge on any atom is 0.187 e. The van der Waals surface area contributed by atoms with E-state index in [9.17, 15) is 0 Å². The molecule has 3 heterocycles. The van der Waals surface area contributed by atoms with Crippen molar-refractivity contribution in [2.24, 2.45) is 0 Å². The molecule has 0 atom stereocenters. The summed E-state index contributed by atoms with van der Waals surface area (Å²) >= 11 is 0. The molecule has 14 rings (SSSR count). The van der Waals surface area contributed by atoms with E-state index in [2.05, 4.69) is 328 Å². The average Bonchev–Trinajstić information content (AvgIpc) is 1.56. The van der Waals surface area contributed by atoms with Crippen molar-refractivity contribution in [3.8, 4) is 90.0 Å². The van der Waals surface area contributed by atoms with E-state index >= 15 is 0 Å². The molecule has 0 radical (unpaired) electrons. The average molecular weight is 1190 g/mol. The van der Waals surface area contributed by atoms with Crippen LogP contribution in [0.4, 0.5) is 5.69 Å². The van der Waals surface area contributed by atoms with Gasteiger partial charge in [0.25, 0.3) is 0 Å². The van der Waals surface area contributed by atoms with Crippen LogP contribution in [0.5, 0.6) is 0 Å². The molecule has 0 aliphatic rings. The first-order chi connectivity index (χ1) is 44.0. The molecule has 0 saturated carbocycles. The number of para-hydroxylation sites is 2. The minimum absolute atomic E-state index is 0.149. The molecule has 0 N–H and O–H groups in total. The maximum atomic E-state index is 7.89. The molecule has 14 aromatic rings. The van der Waals surface area contributed by atoms with Crippen molar-refractivity contribution >= 4 is 49.3 Å². The lowest BCUT2D eigenvalue weighted by molar-refractivity contribution is 0.568. The molecule has 0 amide bonds. The van der Waals surface area contributed by atoms with Gasteiger partial charge >= 0.3 is 0 Å². The Kier molecular flexibility index (Phi) is 14.5. The van der Waals surface area contributed by atoms with Crippen LogP contribution in [-0.2, 0) is 21.7 Å². The van der Waals surface area contributed by atoms with Crippen LogP contribution in [0, 0.1) is 6.57 Å². The molecular formula is C86H76N6. The summed E-state index contributed by atoms with van der Waals surface area (Å²) in [5.74, 6) is 1.81. The SMILES string of the molecule is [C-]#[N+]c1ccc(-c2ccc(-n3c4ccccc4c4cc(-c5ccccc5)ccc43)c(-c3cc(-c4nc(-c5cc(C(C)(C)C)cc(C(C)(C)C)c5)nc(-c5cc(C(C)(C)C)cc(C(C)(C)C)c5)n4)ccc3-n3c4ccccc4c4cc(-c5ccccc5)ccc43)c2)cc1. The first-order valence-electron chi connectivity index (χ1n) is 32.1. The van der Waals surface area contributed by atoms with Crippen LogP contribution in [-0.4, -0.2) is 24.1 Å². The number of fused-ring (bicyclic) bond motifs is 6. The summed E-state index contributed by atoms with van der Waals surface area (Å²) in [6, 6.07) is 88.3. The van der Waals surface area contributed by atoms with Gasteiger partial charge in [-0.25, -0.2) is 19.8 Å². The Bertz CT molecular complexity index is 5080. The molecule has 0 aliphatic carbocycles. The van der Waals surface area contributed by atoms with E-state index in [1.54, 1.807) is 0 Å². The molecule has 0 bridgehead atoms. The number of rotatable bonds is 9. The van der Waals surface area contributed by atoms with E-state index in [0.29, 0.717) is 23.2 Å². The largest absolute Gasteiger partial charge is 0.309 e.